The van der Waals surface area contributed by atoms with E-state index in [4.69, 9.17) is 26.2 Å². The van der Waals surface area contributed by atoms with Gasteiger partial charge in [-0.3, -0.25) is 9.80 Å². The lowest BCUT2D eigenvalue weighted by Crippen LogP contribution is -2.46. The summed E-state index contributed by atoms with van der Waals surface area (Å²) in [5, 5.41) is 9.66. The molecule has 0 radical (unpaired) electrons. The summed E-state index contributed by atoms with van der Waals surface area (Å²) >= 11 is 6.18. The van der Waals surface area contributed by atoms with Gasteiger partial charge < -0.3 is 14.6 Å². The Labute approximate surface area is 186 Å². The Bertz CT molecular complexity index is 970. The molecule has 1 spiro atoms. The molecule has 2 aromatic rings. The minimum absolute atomic E-state index is 0.189. The molecule has 2 saturated heterocycles. The van der Waals surface area contributed by atoms with E-state index in [-0.39, 0.29) is 11.7 Å². The van der Waals surface area contributed by atoms with Crippen LogP contribution in [-0.4, -0.2) is 53.9 Å². The molecule has 2 fully saturated rings. The molecule has 2 aliphatic rings. The number of amides is 1. The van der Waals surface area contributed by atoms with Crippen molar-refractivity contribution in [3.05, 3.63) is 58.6 Å². The van der Waals surface area contributed by atoms with E-state index in [0.717, 1.165) is 38.0 Å². The van der Waals surface area contributed by atoms with Crippen LogP contribution in [0.3, 0.4) is 0 Å². The predicted molar refractivity (Wildman–Crippen MR) is 117 cm³/mol. The molecule has 0 unspecified atom stereocenters. The minimum Gasteiger partial charge on any atom is -0.492 e. The van der Waals surface area contributed by atoms with Gasteiger partial charge in [0.2, 0.25) is 0 Å². The molecule has 164 valence electrons. The SMILES string of the molecule is CCOc1cc(CN2CCC3(CC2)CN(c2ccc(C(=O)O)cc2)C(=O)O3)ccc1Cl. The summed E-state index contributed by atoms with van der Waals surface area (Å²) < 4.78 is 11.4. The number of carboxylic acid groups (broad SMARTS) is 1. The van der Waals surface area contributed by atoms with Crippen LogP contribution in [0.15, 0.2) is 42.5 Å². The molecule has 7 nitrogen and oxygen atoms in total. The third-order valence-corrected chi connectivity index (χ3v) is 6.18. The topological polar surface area (TPSA) is 79.3 Å². The third kappa shape index (κ3) is 4.62. The van der Waals surface area contributed by atoms with Crippen LogP contribution in [0.4, 0.5) is 10.5 Å². The van der Waals surface area contributed by atoms with Crippen LogP contribution in [0.1, 0.15) is 35.7 Å². The number of likely N-dealkylation sites (tertiary alicyclic amines) is 1. The maximum Gasteiger partial charge on any atom is 0.415 e. The molecule has 0 saturated carbocycles. The highest BCUT2D eigenvalue weighted by Gasteiger charge is 2.47. The van der Waals surface area contributed by atoms with E-state index in [1.807, 2.05) is 25.1 Å². The molecule has 2 aromatic carbocycles. The van der Waals surface area contributed by atoms with Gasteiger partial charge in [0.25, 0.3) is 0 Å². The normalized spacial score (nSPS) is 18.3. The monoisotopic (exact) mass is 444 g/mol. The van der Waals surface area contributed by atoms with Crippen LogP contribution >= 0.6 is 11.6 Å². The first-order valence-corrected chi connectivity index (χ1v) is 10.7. The summed E-state index contributed by atoms with van der Waals surface area (Å²) in [7, 11) is 0. The number of carbonyl (C=O) groups is 2. The van der Waals surface area contributed by atoms with E-state index in [9.17, 15) is 9.59 Å². The zero-order chi connectivity index (χ0) is 22.0. The van der Waals surface area contributed by atoms with Gasteiger partial charge in [0.15, 0.2) is 0 Å². The van der Waals surface area contributed by atoms with Gasteiger partial charge in [0.05, 0.1) is 23.7 Å². The third-order valence-electron chi connectivity index (χ3n) is 5.87. The zero-order valence-corrected chi connectivity index (χ0v) is 18.1. The van der Waals surface area contributed by atoms with Crippen molar-refractivity contribution >= 4 is 29.4 Å². The second kappa shape index (κ2) is 8.77. The molecule has 4 rings (SSSR count). The molecule has 0 atom stereocenters. The Morgan fingerprint density at radius 1 is 1.19 bits per heavy atom. The van der Waals surface area contributed by atoms with E-state index in [0.29, 0.717) is 29.6 Å². The second-order valence-corrected chi connectivity index (χ2v) is 8.37. The number of hydrogen-bond donors (Lipinski definition) is 1. The summed E-state index contributed by atoms with van der Waals surface area (Å²) in [5.74, 6) is -0.294. The van der Waals surface area contributed by atoms with Crippen LogP contribution in [0, 0.1) is 0 Å². The largest absolute Gasteiger partial charge is 0.492 e. The fourth-order valence-corrected chi connectivity index (χ4v) is 4.33. The number of carboxylic acids is 1. The number of nitrogens with zero attached hydrogens (tertiary/aromatic N) is 2. The van der Waals surface area contributed by atoms with Gasteiger partial charge in [0.1, 0.15) is 11.4 Å². The molecular weight excluding hydrogens is 420 g/mol. The van der Waals surface area contributed by atoms with Crippen molar-refractivity contribution < 1.29 is 24.2 Å². The zero-order valence-electron chi connectivity index (χ0n) is 17.3. The van der Waals surface area contributed by atoms with Gasteiger partial charge in [-0.2, -0.15) is 0 Å². The van der Waals surface area contributed by atoms with Gasteiger partial charge in [0, 0.05) is 38.2 Å². The van der Waals surface area contributed by atoms with Crippen LogP contribution < -0.4 is 9.64 Å². The highest BCUT2D eigenvalue weighted by Crippen LogP contribution is 2.36. The van der Waals surface area contributed by atoms with Gasteiger partial charge in [-0.05, 0) is 48.9 Å². The Balaban J connectivity index is 1.37. The van der Waals surface area contributed by atoms with Gasteiger partial charge >= 0.3 is 12.1 Å². The van der Waals surface area contributed by atoms with Crippen LogP contribution in [0.25, 0.3) is 0 Å². The van der Waals surface area contributed by atoms with Gasteiger partial charge in [-0.15, -0.1) is 0 Å². The first-order valence-electron chi connectivity index (χ1n) is 10.4. The number of aromatic carboxylic acids is 1. The van der Waals surface area contributed by atoms with Crippen LogP contribution in [-0.2, 0) is 11.3 Å². The summed E-state index contributed by atoms with van der Waals surface area (Å²) in [6.07, 6.45) is 1.11. The maximum atomic E-state index is 12.5. The average molecular weight is 445 g/mol. The smallest absolute Gasteiger partial charge is 0.415 e. The molecular formula is C23H25ClN2O5. The van der Waals surface area contributed by atoms with Crippen molar-refractivity contribution in [2.75, 3.05) is 31.1 Å². The van der Waals surface area contributed by atoms with Crippen molar-refractivity contribution in [1.82, 2.24) is 4.90 Å². The van der Waals surface area contributed by atoms with E-state index in [2.05, 4.69) is 4.90 Å². The van der Waals surface area contributed by atoms with Crippen molar-refractivity contribution in [2.45, 2.75) is 31.9 Å². The van der Waals surface area contributed by atoms with Crippen LogP contribution in [0.2, 0.25) is 5.02 Å². The summed E-state index contributed by atoms with van der Waals surface area (Å²) in [6.45, 7) is 5.37. The molecule has 0 bridgehead atoms. The molecule has 1 N–H and O–H groups in total. The fraction of sp³-hybridized carbons (Fsp3) is 0.391. The standard InChI is InChI=1S/C23H25ClN2O5/c1-2-30-20-13-16(3-8-19(20)24)14-25-11-9-23(10-12-25)15-26(22(29)31-23)18-6-4-17(5-7-18)21(27)28/h3-8,13H,2,9-12,14-15H2,1H3,(H,27,28). The number of anilines is 1. The lowest BCUT2D eigenvalue weighted by Gasteiger charge is -2.37. The quantitative estimate of drug-likeness (QED) is 0.710. The highest BCUT2D eigenvalue weighted by molar-refractivity contribution is 6.32. The number of hydrogen-bond acceptors (Lipinski definition) is 5. The van der Waals surface area contributed by atoms with Crippen molar-refractivity contribution in [2.24, 2.45) is 0 Å². The van der Waals surface area contributed by atoms with Crippen molar-refractivity contribution in [1.29, 1.82) is 0 Å². The Hall–Kier alpha value is -2.77. The van der Waals surface area contributed by atoms with Crippen molar-refractivity contribution in [3.63, 3.8) is 0 Å². The summed E-state index contributed by atoms with van der Waals surface area (Å²) in [4.78, 5) is 27.5. The first kappa shape index (κ1) is 21.5. The number of benzene rings is 2. The molecule has 2 heterocycles. The molecule has 1 amide bonds. The van der Waals surface area contributed by atoms with E-state index in [1.165, 1.54) is 12.1 Å². The van der Waals surface area contributed by atoms with E-state index >= 15 is 0 Å². The second-order valence-electron chi connectivity index (χ2n) is 7.96. The molecule has 8 heteroatoms. The Morgan fingerprint density at radius 2 is 1.90 bits per heavy atom. The Morgan fingerprint density at radius 3 is 2.55 bits per heavy atom. The lowest BCUT2D eigenvalue weighted by atomic mass is 9.91. The molecule has 2 aliphatic heterocycles. The highest BCUT2D eigenvalue weighted by atomic mass is 35.5. The predicted octanol–water partition coefficient (Wildman–Crippen LogP) is 4.43. The number of carbonyl (C=O) groups excluding carboxylic acids is 1. The molecule has 0 aliphatic carbocycles. The van der Waals surface area contributed by atoms with Crippen molar-refractivity contribution in [3.8, 4) is 5.75 Å². The van der Waals surface area contributed by atoms with Gasteiger partial charge in [-0.1, -0.05) is 17.7 Å². The number of halogens is 1. The lowest BCUT2D eigenvalue weighted by molar-refractivity contribution is -0.000994. The first-order chi connectivity index (χ1) is 14.9. The maximum absolute atomic E-state index is 12.5. The minimum atomic E-state index is -0.992. The summed E-state index contributed by atoms with van der Waals surface area (Å²) in [5.41, 5.74) is 1.47. The Kier molecular flexibility index (Phi) is 6.07. The fourth-order valence-electron chi connectivity index (χ4n) is 4.16. The average Bonchev–Trinajstić information content (AvgIpc) is 3.08. The molecule has 31 heavy (non-hydrogen) atoms. The number of rotatable bonds is 6. The molecule has 0 aromatic heterocycles. The number of ether oxygens (including phenoxy) is 2. The number of piperidine rings is 1. The van der Waals surface area contributed by atoms with E-state index < -0.39 is 11.6 Å². The van der Waals surface area contributed by atoms with Gasteiger partial charge in [-0.25, -0.2) is 9.59 Å². The summed E-state index contributed by atoms with van der Waals surface area (Å²) in [6, 6.07) is 12.1. The van der Waals surface area contributed by atoms with E-state index in [1.54, 1.807) is 17.0 Å². The van der Waals surface area contributed by atoms with Crippen LogP contribution in [0.5, 0.6) is 5.75 Å².